The van der Waals surface area contributed by atoms with Crippen molar-refractivity contribution < 1.29 is 8.42 Å². The summed E-state index contributed by atoms with van der Waals surface area (Å²) >= 11 is 0. The number of benzene rings is 1. The summed E-state index contributed by atoms with van der Waals surface area (Å²) in [5.41, 5.74) is -0.0985. The lowest BCUT2D eigenvalue weighted by Gasteiger charge is -2.26. The molecule has 1 heterocycles. The molecule has 1 aliphatic rings. The molecule has 2 rings (SSSR count). The minimum absolute atomic E-state index is 0.215. The Bertz CT molecular complexity index is 657. The molecule has 0 amide bonds. The van der Waals surface area contributed by atoms with Crippen LogP contribution < -0.4 is 0 Å². The standard InChI is InChI=1S/C13H15N3O2S/c1-13(2,9-14)7-8-16-10-15-11-5-3-4-6-12(11)19(16,17)18/h3-6,10H,7-8H2,1-2H3. The van der Waals surface area contributed by atoms with E-state index in [0.717, 1.165) is 0 Å². The summed E-state index contributed by atoms with van der Waals surface area (Å²) < 4.78 is 25.9. The van der Waals surface area contributed by atoms with Gasteiger partial charge in [0.25, 0.3) is 10.0 Å². The smallest absolute Gasteiger partial charge is 0.256 e. The van der Waals surface area contributed by atoms with Crippen LogP contribution in [0.4, 0.5) is 5.69 Å². The second-order valence-corrected chi connectivity index (χ2v) is 6.93. The predicted molar refractivity (Wildman–Crippen MR) is 72.5 cm³/mol. The molecule has 1 aromatic rings. The number of hydrogen-bond acceptors (Lipinski definition) is 4. The van der Waals surface area contributed by atoms with Gasteiger partial charge in [-0.15, -0.1) is 0 Å². The molecule has 0 atom stereocenters. The second-order valence-electron chi connectivity index (χ2n) is 5.07. The maximum atomic E-state index is 12.4. The summed E-state index contributed by atoms with van der Waals surface area (Å²) in [6, 6.07) is 8.80. The Morgan fingerprint density at radius 1 is 1.37 bits per heavy atom. The minimum atomic E-state index is -3.54. The van der Waals surface area contributed by atoms with Crippen LogP contribution in [0.5, 0.6) is 0 Å². The minimum Gasteiger partial charge on any atom is -0.256 e. The van der Waals surface area contributed by atoms with E-state index in [4.69, 9.17) is 5.26 Å². The fourth-order valence-electron chi connectivity index (χ4n) is 1.72. The molecule has 19 heavy (non-hydrogen) atoms. The lowest BCUT2D eigenvalue weighted by molar-refractivity contribution is 0.407. The van der Waals surface area contributed by atoms with E-state index in [0.29, 0.717) is 12.1 Å². The van der Waals surface area contributed by atoms with Crippen molar-refractivity contribution in [2.45, 2.75) is 25.2 Å². The van der Waals surface area contributed by atoms with Crippen molar-refractivity contribution in [2.75, 3.05) is 6.54 Å². The SMILES string of the molecule is CC(C)(C#N)CCN1C=Nc2ccccc2S1(=O)=O. The fraction of sp³-hybridized carbons (Fsp3) is 0.385. The first kappa shape index (κ1) is 13.6. The number of nitriles is 1. The summed E-state index contributed by atoms with van der Waals surface area (Å²) in [5.74, 6) is 0. The number of fused-ring (bicyclic) bond motifs is 1. The summed E-state index contributed by atoms with van der Waals surface area (Å²) in [6.07, 6.45) is 1.78. The van der Waals surface area contributed by atoms with Crippen molar-refractivity contribution in [2.24, 2.45) is 10.4 Å². The van der Waals surface area contributed by atoms with Gasteiger partial charge in [-0.2, -0.15) is 5.26 Å². The van der Waals surface area contributed by atoms with Gasteiger partial charge in [-0.3, -0.25) is 4.31 Å². The summed E-state index contributed by atoms with van der Waals surface area (Å²) in [5, 5.41) is 8.96. The third-order valence-corrected chi connectivity index (χ3v) is 4.83. The average Bonchev–Trinajstić information content (AvgIpc) is 2.38. The average molecular weight is 277 g/mol. The van der Waals surface area contributed by atoms with Crippen molar-refractivity contribution in [3.63, 3.8) is 0 Å². The monoisotopic (exact) mass is 277 g/mol. The van der Waals surface area contributed by atoms with Gasteiger partial charge in [0, 0.05) is 6.54 Å². The van der Waals surface area contributed by atoms with Gasteiger partial charge in [0.2, 0.25) is 0 Å². The number of hydrogen-bond donors (Lipinski definition) is 0. The summed E-state index contributed by atoms with van der Waals surface area (Å²) in [4.78, 5) is 4.35. The van der Waals surface area contributed by atoms with Crippen LogP contribution >= 0.6 is 0 Å². The zero-order chi connectivity index (χ0) is 14.1. The Hall–Kier alpha value is -1.87. The van der Waals surface area contributed by atoms with E-state index < -0.39 is 15.4 Å². The molecule has 1 aliphatic heterocycles. The molecule has 0 aromatic heterocycles. The van der Waals surface area contributed by atoms with E-state index in [-0.39, 0.29) is 11.4 Å². The molecular formula is C13H15N3O2S. The van der Waals surface area contributed by atoms with Gasteiger partial charge in [0.05, 0.1) is 17.2 Å². The van der Waals surface area contributed by atoms with Crippen molar-refractivity contribution in [3.05, 3.63) is 24.3 Å². The van der Waals surface area contributed by atoms with Gasteiger partial charge >= 0.3 is 0 Å². The van der Waals surface area contributed by atoms with Crippen molar-refractivity contribution in [1.29, 1.82) is 5.26 Å². The van der Waals surface area contributed by atoms with Crippen LogP contribution in [-0.2, 0) is 10.0 Å². The molecule has 0 fully saturated rings. The zero-order valence-corrected chi connectivity index (χ0v) is 11.7. The van der Waals surface area contributed by atoms with E-state index >= 15 is 0 Å². The first-order valence-electron chi connectivity index (χ1n) is 5.93. The van der Waals surface area contributed by atoms with Crippen molar-refractivity contribution in [1.82, 2.24) is 4.31 Å². The van der Waals surface area contributed by atoms with Gasteiger partial charge in [-0.05, 0) is 32.4 Å². The third-order valence-electron chi connectivity index (χ3n) is 3.04. The third kappa shape index (κ3) is 2.61. The van der Waals surface area contributed by atoms with Gasteiger partial charge < -0.3 is 0 Å². The van der Waals surface area contributed by atoms with Crippen LogP contribution in [-0.4, -0.2) is 25.6 Å². The lowest BCUT2D eigenvalue weighted by atomic mass is 9.92. The van der Waals surface area contributed by atoms with Crippen LogP contribution in [0.2, 0.25) is 0 Å². The van der Waals surface area contributed by atoms with Crippen LogP contribution in [0, 0.1) is 16.7 Å². The number of rotatable bonds is 3. The maximum absolute atomic E-state index is 12.4. The van der Waals surface area contributed by atoms with E-state index in [9.17, 15) is 8.42 Å². The first-order valence-corrected chi connectivity index (χ1v) is 7.37. The summed E-state index contributed by atoms with van der Waals surface area (Å²) in [6.45, 7) is 3.82. The number of aliphatic imine (C=N–C) groups is 1. The van der Waals surface area contributed by atoms with Crippen molar-refractivity contribution >= 4 is 22.0 Å². The Morgan fingerprint density at radius 2 is 2.05 bits per heavy atom. The molecule has 0 saturated carbocycles. The molecule has 6 heteroatoms. The highest BCUT2D eigenvalue weighted by Crippen LogP contribution is 2.30. The highest BCUT2D eigenvalue weighted by Gasteiger charge is 2.29. The molecular weight excluding hydrogens is 262 g/mol. The quantitative estimate of drug-likeness (QED) is 0.850. The first-order chi connectivity index (χ1) is 8.87. The van der Waals surface area contributed by atoms with E-state index in [1.807, 2.05) is 0 Å². The number of sulfonamides is 1. The van der Waals surface area contributed by atoms with Gasteiger partial charge in [-0.25, -0.2) is 13.4 Å². The lowest BCUT2D eigenvalue weighted by Crippen LogP contribution is -2.34. The molecule has 0 N–H and O–H groups in total. The van der Waals surface area contributed by atoms with Crippen LogP contribution in [0.15, 0.2) is 34.2 Å². The normalized spacial score (nSPS) is 16.8. The molecule has 0 spiro atoms. The Kier molecular flexibility index (Phi) is 3.33. The Balaban J connectivity index is 2.26. The molecule has 5 nitrogen and oxygen atoms in total. The predicted octanol–water partition coefficient (Wildman–Crippen LogP) is 2.29. The van der Waals surface area contributed by atoms with Crippen molar-refractivity contribution in [3.8, 4) is 6.07 Å². The van der Waals surface area contributed by atoms with E-state index in [2.05, 4.69) is 11.1 Å². The molecule has 0 bridgehead atoms. The largest absolute Gasteiger partial charge is 0.267 e. The topological polar surface area (TPSA) is 73.5 Å². The summed E-state index contributed by atoms with van der Waals surface area (Å²) in [7, 11) is -3.54. The van der Waals surface area contributed by atoms with Crippen LogP contribution in [0.25, 0.3) is 0 Å². The Labute approximate surface area is 113 Å². The van der Waals surface area contributed by atoms with E-state index in [1.54, 1.807) is 38.1 Å². The molecule has 0 aliphatic carbocycles. The molecule has 0 saturated heterocycles. The van der Waals surface area contributed by atoms with Crippen LogP contribution in [0.3, 0.4) is 0 Å². The maximum Gasteiger partial charge on any atom is 0.267 e. The van der Waals surface area contributed by atoms with Gasteiger partial charge in [0.15, 0.2) is 0 Å². The van der Waals surface area contributed by atoms with E-state index in [1.165, 1.54) is 10.6 Å². The van der Waals surface area contributed by atoms with Gasteiger partial charge in [0.1, 0.15) is 11.2 Å². The number of nitrogens with zero attached hydrogens (tertiary/aromatic N) is 3. The zero-order valence-electron chi connectivity index (χ0n) is 10.9. The Morgan fingerprint density at radius 3 is 2.74 bits per heavy atom. The fourth-order valence-corrected chi connectivity index (χ4v) is 3.11. The molecule has 0 radical (unpaired) electrons. The number of para-hydroxylation sites is 1. The highest BCUT2D eigenvalue weighted by atomic mass is 32.2. The molecule has 100 valence electrons. The second kappa shape index (κ2) is 4.67. The van der Waals surface area contributed by atoms with Crippen LogP contribution in [0.1, 0.15) is 20.3 Å². The van der Waals surface area contributed by atoms with Gasteiger partial charge in [-0.1, -0.05) is 12.1 Å². The molecule has 0 unspecified atom stereocenters. The highest BCUT2D eigenvalue weighted by molar-refractivity contribution is 7.89. The molecule has 1 aromatic carbocycles.